The van der Waals surface area contributed by atoms with Crippen LogP contribution in [0.15, 0.2) is 152 Å². The number of rotatable bonds is 14. The van der Waals surface area contributed by atoms with Crippen molar-refractivity contribution < 1.29 is 14.4 Å². The van der Waals surface area contributed by atoms with Crippen molar-refractivity contribution >= 4 is 169 Å². The molecule has 12 aromatic rings. The SMILES string of the molecule is Cc1cc(-c2cccc3nc(Nc4ncc(C(=O)Nc5c(C)cccc5Cl)s4)cnc23)cc(Cl)c1NC(=O)c1cnc(Nc2cc3c(-c4cc(C)c(NC(=O)c5cnc(Nc6ccc7ccccc7n6)s5)c(Cl)c4)cccc3cn2)s1. The molecule has 0 fully saturated rings. The van der Waals surface area contributed by atoms with Crippen molar-refractivity contribution in [2.75, 3.05) is 31.9 Å². The predicted molar refractivity (Wildman–Crippen MR) is 330 cm³/mol. The number of aryl methyl sites for hydroxylation is 3. The molecule has 0 unspecified atom stereocenters. The zero-order chi connectivity index (χ0) is 55.9. The van der Waals surface area contributed by atoms with E-state index in [0.29, 0.717) is 90.6 Å². The van der Waals surface area contributed by atoms with Crippen molar-refractivity contribution in [2.24, 2.45) is 0 Å². The standard InChI is InChI=1S/C59H40Cl3N13O3S3/c1-29-9-6-14-39(60)50(29)73-54(76)44-27-67-59(81-44)72-49-28-64-53-37(13-8-16-43(53)69-49)35-20-31(3)52(41(62)22-35)75-56(78)46-26-66-58(80-46)71-48-23-38-33(24-63-48)11-7-12-36(38)34-19-30(2)51(40(61)21-34)74-55(77)45-25-65-57(79-45)70-47-18-17-32-10-4-5-15-42(32)68-47/h4-28H,1-3H3,(H,73,76)(H,74,77)(H,75,78)(H,63,66,71)(H,65,68,70)(H,67,69,72). The van der Waals surface area contributed by atoms with E-state index in [2.05, 4.69) is 56.8 Å². The van der Waals surface area contributed by atoms with Gasteiger partial charge >= 0.3 is 0 Å². The molecule has 0 aliphatic heterocycles. The zero-order valence-corrected chi connectivity index (χ0v) is 47.4. The second kappa shape index (κ2) is 22.3. The van der Waals surface area contributed by atoms with E-state index in [1.807, 2.05) is 130 Å². The van der Waals surface area contributed by atoms with Gasteiger partial charge in [-0.05, 0) is 120 Å². The zero-order valence-electron chi connectivity index (χ0n) is 42.6. The minimum atomic E-state index is -0.387. The van der Waals surface area contributed by atoms with Crippen LogP contribution in [0.25, 0.3) is 55.0 Å². The van der Waals surface area contributed by atoms with Crippen LogP contribution in [0.4, 0.5) is 49.9 Å². The monoisotopic (exact) mass is 1180 g/mol. The molecule has 6 N–H and O–H groups in total. The van der Waals surface area contributed by atoms with E-state index in [0.717, 1.165) is 72.0 Å². The molecular formula is C59H40Cl3N13O3S3. The van der Waals surface area contributed by atoms with Gasteiger partial charge in [-0.3, -0.25) is 19.4 Å². The number of pyridine rings is 2. The molecule has 398 valence electrons. The molecule has 6 aromatic heterocycles. The average molecular weight is 1180 g/mol. The Bertz CT molecular complexity index is 4440. The van der Waals surface area contributed by atoms with Gasteiger partial charge in [-0.15, -0.1) is 0 Å². The third kappa shape index (κ3) is 11.2. The smallest absolute Gasteiger partial charge is 0.267 e. The quantitative estimate of drug-likeness (QED) is 0.0599. The van der Waals surface area contributed by atoms with Crippen LogP contribution >= 0.6 is 68.8 Å². The van der Waals surface area contributed by atoms with Gasteiger partial charge in [-0.2, -0.15) is 0 Å². The molecule has 6 aromatic carbocycles. The molecule has 81 heavy (non-hydrogen) atoms. The lowest BCUT2D eigenvalue weighted by molar-refractivity contribution is 0.102. The lowest BCUT2D eigenvalue weighted by Gasteiger charge is -2.14. The van der Waals surface area contributed by atoms with E-state index in [1.165, 1.54) is 41.3 Å². The number of aromatic nitrogens is 7. The van der Waals surface area contributed by atoms with Gasteiger partial charge in [0.15, 0.2) is 21.2 Å². The summed E-state index contributed by atoms with van der Waals surface area (Å²) in [6.07, 6.45) is 7.87. The molecule has 3 amide bonds. The summed E-state index contributed by atoms with van der Waals surface area (Å²) >= 11 is 23.7. The number of nitrogens with one attached hydrogen (secondary N) is 6. The molecule has 0 bridgehead atoms. The first-order chi connectivity index (χ1) is 39.3. The maximum atomic E-state index is 13.8. The van der Waals surface area contributed by atoms with Gasteiger partial charge in [-0.1, -0.05) is 129 Å². The van der Waals surface area contributed by atoms with E-state index < -0.39 is 0 Å². The molecule has 16 nitrogen and oxygen atoms in total. The Morgan fingerprint density at radius 2 is 0.938 bits per heavy atom. The molecule has 0 radical (unpaired) electrons. The molecule has 12 rings (SSSR count). The first-order valence-corrected chi connectivity index (χ1v) is 28.3. The van der Waals surface area contributed by atoms with E-state index in [-0.39, 0.29) is 17.7 Å². The highest BCUT2D eigenvalue weighted by Gasteiger charge is 2.21. The number of amides is 3. The molecule has 0 atom stereocenters. The Morgan fingerprint density at radius 1 is 0.420 bits per heavy atom. The lowest BCUT2D eigenvalue weighted by atomic mass is 9.97. The van der Waals surface area contributed by atoms with E-state index in [1.54, 1.807) is 24.5 Å². The Balaban J connectivity index is 0.695. The number of benzene rings is 6. The van der Waals surface area contributed by atoms with Gasteiger partial charge in [0.2, 0.25) is 0 Å². The summed E-state index contributed by atoms with van der Waals surface area (Å²) in [5.74, 6) is 0.520. The number of carbonyl (C=O) groups is 3. The average Bonchev–Trinajstić information content (AvgIpc) is 4.40. The fourth-order valence-electron chi connectivity index (χ4n) is 9.03. The lowest BCUT2D eigenvalue weighted by Crippen LogP contribution is -2.11. The van der Waals surface area contributed by atoms with Crippen molar-refractivity contribution in [3.63, 3.8) is 0 Å². The maximum Gasteiger partial charge on any atom is 0.267 e. The Hall–Kier alpha value is -8.95. The van der Waals surface area contributed by atoms with Crippen LogP contribution < -0.4 is 31.9 Å². The van der Waals surface area contributed by atoms with Gasteiger partial charge in [-0.25, -0.2) is 29.9 Å². The molecule has 0 spiro atoms. The summed E-state index contributed by atoms with van der Waals surface area (Å²) < 4.78 is 0. The van der Waals surface area contributed by atoms with Crippen molar-refractivity contribution in [1.29, 1.82) is 0 Å². The fourth-order valence-corrected chi connectivity index (χ4v) is 12.1. The van der Waals surface area contributed by atoms with Crippen LogP contribution in [0.5, 0.6) is 0 Å². The second-order valence-electron chi connectivity index (χ2n) is 18.5. The Labute approximate surface area is 488 Å². The van der Waals surface area contributed by atoms with Gasteiger partial charge in [0.25, 0.3) is 17.7 Å². The Morgan fingerprint density at radius 3 is 1.57 bits per heavy atom. The minimum absolute atomic E-state index is 0.329. The summed E-state index contributed by atoms with van der Waals surface area (Å²) in [7, 11) is 0. The van der Waals surface area contributed by atoms with Gasteiger partial charge in [0.1, 0.15) is 26.3 Å². The molecule has 0 aliphatic rings. The highest BCUT2D eigenvalue weighted by molar-refractivity contribution is 7.18. The molecule has 0 saturated heterocycles. The van der Waals surface area contributed by atoms with E-state index in [4.69, 9.17) is 44.8 Å². The number of thiazole rings is 3. The fraction of sp³-hybridized carbons (Fsp3) is 0.0508. The van der Waals surface area contributed by atoms with Crippen molar-refractivity contribution in [3.05, 3.63) is 199 Å². The number of fused-ring (bicyclic) bond motifs is 3. The summed E-state index contributed by atoms with van der Waals surface area (Å²) in [5, 5.41) is 23.9. The van der Waals surface area contributed by atoms with Crippen LogP contribution in [-0.4, -0.2) is 52.6 Å². The minimum Gasteiger partial charge on any atom is -0.320 e. The summed E-state index contributed by atoms with van der Waals surface area (Å²) in [4.78, 5) is 73.5. The molecule has 0 saturated carbocycles. The number of halogens is 3. The van der Waals surface area contributed by atoms with E-state index >= 15 is 0 Å². The third-order valence-corrected chi connectivity index (χ3v) is 16.6. The van der Waals surface area contributed by atoms with Gasteiger partial charge in [0, 0.05) is 22.5 Å². The summed E-state index contributed by atoms with van der Waals surface area (Å²) in [5.41, 5.74) is 9.23. The number of carbonyl (C=O) groups excluding carboxylic acids is 3. The molecular weight excluding hydrogens is 1140 g/mol. The van der Waals surface area contributed by atoms with Crippen molar-refractivity contribution in [2.45, 2.75) is 20.8 Å². The van der Waals surface area contributed by atoms with Gasteiger partial charge < -0.3 is 31.9 Å². The van der Waals surface area contributed by atoms with Crippen LogP contribution in [0, 0.1) is 20.8 Å². The van der Waals surface area contributed by atoms with Crippen molar-refractivity contribution in [3.8, 4) is 22.3 Å². The molecule has 6 heterocycles. The number of nitrogens with zero attached hydrogens (tertiary/aromatic N) is 7. The largest absolute Gasteiger partial charge is 0.320 e. The normalized spacial score (nSPS) is 11.2. The van der Waals surface area contributed by atoms with E-state index in [9.17, 15) is 14.4 Å². The van der Waals surface area contributed by atoms with Crippen LogP contribution in [-0.2, 0) is 0 Å². The van der Waals surface area contributed by atoms with Gasteiger partial charge in [0.05, 0.1) is 73.5 Å². The summed E-state index contributed by atoms with van der Waals surface area (Å²) in [6, 6.07) is 38.1. The molecule has 0 aliphatic carbocycles. The number of para-hydroxylation sites is 3. The maximum absolute atomic E-state index is 13.8. The first-order valence-electron chi connectivity index (χ1n) is 24.8. The first kappa shape index (κ1) is 52.7. The van der Waals surface area contributed by atoms with Crippen LogP contribution in [0.2, 0.25) is 15.1 Å². The summed E-state index contributed by atoms with van der Waals surface area (Å²) in [6.45, 7) is 5.63. The van der Waals surface area contributed by atoms with Crippen LogP contribution in [0.3, 0.4) is 0 Å². The van der Waals surface area contributed by atoms with Crippen LogP contribution in [0.1, 0.15) is 45.7 Å². The highest BCUT2D eigenvalue weighted by Crippen LogP contribution is 2.39. The third-order valence-electron chi connectivity index (χ3n) is 13.0. The second-order valence-corrected chi connectivity index (χ2v) is 22.8. The highest BCUT2D eigenvalue weighted by atomic mass is 35.5. The Kier molecular flexibility index (Phi) is 14.5. The number of anilines is 9. The predicted octanol–water partition coefficient (Wildman–Crippen LogP) is 16.3. The number of hydrogen-bond acceptors (Lipinski definition) is 16. The van der Waals surface area contributed by atoms with Crippen molar-refractivity contribution in [1.82, 2.24) is 34.9 Å². The topological polar surface area (TPSA) is 214 Å². The number of hydrogen-bond donors (Lipinski definition) is 6. The molecule has 22 heteroatoms.